The zero-order valence-corrected chi connectivity index (χ0v) is 11.4. The lowest BCUT2D eigenvalue weighted by atomic mass is 10.3. The van der Waals surface area contributed by atoms with Gasteiger partial charge in [-0.2, -0.15) is 0 Å². The molecule has 0 atom stereocenters. The van der Waals surface area contributed by atoms with E-state index in [4.69, 9.17) is 14.6 Å². The first-order valence-corrected chi connectivity index (χ1v) is 6.60. The van der Waals surface area contributed by atoms with Crippen LogP contribution in [0.15, 0.2) is 26.4 Å². The van der Waals surface area contributed by atoms with Gasteiger partial charge in [-0.15, -0.1) is 10.2 Å². The number of hydrogen-bond acceptors (Lipinski definition) is 7. The standard InChI is InChI=1S/C11H12N4O4S/c1-6-7(2-3-18-6)10-14-15-11(19-10)20-5-9(17)13-4-8(12)16/h2-3H,4-5H2,1H3,(H2,12,16)(H,13,17). The summed E-state index contributed by atoms with van der Waals surface area (Å²) in [5.41, 5.74) is 5.62. The van der Waals surface area contributed by atoms with Crippen LogP contribution in [0, 0.1) is 6.92 Å². The van der Waals surface area contributed by atoms with Gasteiger partial charge in [-0.3, -0.25) is 9.59 Å². The molecule has 8 nitrogen and oxygen atoms in total. The van der Waals surface area contributed by atoms with E-state index < -0.39 is 5.91 Å². The first kappa shape index (κ1) is 14.1. The second kappa shape index (κ2) is 6.24. The van der Waals surface area contributed by atoms with Gasteiger partial charge in [0, 0.05) is 0 Å². The number of rotatable bonds is 6. The quantitative estimate of drug-likeness (QED) is 0.736. The number of furan rings is 1. The summed E-state index contributed by atoms with van der Waals surface area (Å²) < 4.78 is 10.5. The molecule has 106 valence electrons. The van der Waals surface area contributed by atoms with E-state index in [1.807, 2.05) is 0 Å². The van der Waals surface area contributed by atoms with Crippen LogP contribution in [0.25, 0.3) is 11.5 Å². The SMILES string of the molecule is Cc1occc1-c1nnc(SCC(=O)NCC(N)=O)o1. The summed E-state index contributed by atoms with van der Waals surface area (Å²) in [5.74, 6) is 0.117. The Morgan fingerprint density at radius 3 is 2.90 bits per heavy atom. The van der Waals surface area contributed by atoms with E-state index >= 15 is 0 Å². The van der Waals surface area contributed by atoms with Crippen molar-refractivity contribution in [2.45, 2.75) is 12.1 Å². The number of aryl methyl sites for hydroxylation is 1. The van der Waals surface area contributed by atoms with Gasteiger partial charge in [0.05, 0.1) is 24.1 Å². The first-order valence-electron chi connectivity index (χ1n) is 5.62. The third kappa shape index (κ3) is 3.60. The van der Waals surface area contributed by atoms with E-state index in [0.717, 1.165) is 11.8 Å². The van der Waals surface area contributed by atoms with E-state index in [2.05, 4.69) is 15.5 Å². The highest BCUT2D eigenvalue weighted by molar-refractivity contribution is 7.99. The predicted octanol–water partition coefficient (Wildman–Crippen LogP) is 0.332. The van der Waals surface area contributed by atoms with Crippen LogP contribution in [0.3, 0.4) is 0 Å². The predicted molar refractivity (Wildman–Crippen MR) is 69.7 cm³/mol. The number of amides is 2. The smallest absolute Gasteiger partial charge is 0.277 e. The second-order valence-corrected chi connectivity index (χ2v) is 4.72. The maximum atomic E-state index is 11.4. The number of thioether (sulfide) groups is 1. The minimum atomic E-state index is -0.598. The van der Waals surface area contributed by atoms with Crippen molar-refractivity contribution in [1.29, 1.82) is 0 Å². The van der Waals surface area contributed by atoms with E-state index in [0.29, 0.717) is 17.2 Å². The molecule has 9 heteroatoms. The summed E-state index contributed by atoms with van der Waals surface area (Å²) in [5, 5.41) is 10.3. The molecule has 2 aromatic rings. The van der Waals surface area contributed by atoms with Gasteiger partial charge in [0.1, 0.15) is 5.76 Å². The van der Waals surface area contributed by atoms with Crippen molar-refractivity contribution in [2.75, 3.05) is 12.3 Å². The van der Waals surface area contributed by atoms with Crippen LogP contribution in [-0.2, 0) is 9.59 Å². The van der Waals surface area contributed by atoms with Gasteiger partial charge in [0.25, 0.3) is 11.1 Å². The fraction of sp³-hybridized carbons (Fsp3) is 0.273. The van der Waals surface area contributed by atoms with Crippen molar-refractivity contribution in [3.05, 3.63) is 18.1 Å². The fourth-order valence-electron chi connectivity index (χ4n) is 1.35. The molecule has 0 aliphatic carbocycles. The van der Waals surface area contributed by atoms with Gasteiger partial charge in [-0.1, -0.05) is 11.8 Å². The number of aromatic nitrogens is 2. The molecular weight excluding hydrogens is 284 g/mol. The molecule has 0 aliphatic heterocycles. The van der Waals surface area contributed by atoms with Crippen molar-refractivity contribution in [2.24, 2.45) is 5.73 Å². The van der Waals surface area contributed by atoms with Crippen molar-refractivity contribution in [1.82, 2.24) is 15.5 Å². The van der Waals surface area contributed by atoms with Crippen LogP contribution in [-0.4, -0.2) is 34.3 Å². The molecule has 0 unspecified atom stereocenters. The highest BCUT2D eigenvalue weighted by Gasteiger charge is 2.14. The number of hydrogen-bond donors (Lipinski definition) is 2. The summed E-state index contributed by atoms with van der Waals surface area (Å²) in [4.78, 5) is 21.9. The molecule has 20 heavy (non-hydrogen) atoms. The molecule has 2 heterocycles. The lowest BCUT2D eigenvalue weighted by Gasteiger charge is -1.99. The monoisotopic (exact) mass is 296 g/mol. The minimum absolute atomic E-state index is 0.0548. The van der Waals surface area contributed by atoms with Crippen LogP contribution in [0.1, 0.15) is 5.76 Å². The molecule has 2 amide bonds. The Labute approximate surface area is 118 Å². The molecular formula is C11H12N4O4S. The van der Waals surface area contributed by atoms with Gasteiger partial charge >= 0.3 is 0 Å². The van der Waals surface area contributed by atoms with E-state index in [1.165, 1.54) is 6.26 Å². The molecule has 0 saturated carbocycles. The lowest BCUT2D eigenvalue weighted by Crippen LogP contribution is -2.34. The van der Waals surface area contributed by atoms with Crippen LogP contribution >= 0.6 is 11.8 Å². The van der Waals surface area contributed by atoms with Gasteiger partial charge in [0.2, 0.25) is 11.8 Å². The van der Waals surface area contributed by atoms with Crippen molar-refractivity contribution < 1.29 is 18.4 Å². The Balaban J connectivity index is 1.89. The third-order valence-corrected chi connectivity index (χ3v) is 3.10. The summed E-state index contributed by atoms with van der Waals surface area (Å²) >= 11 is 1.07. The number of carbonyl (C=O) groups excluding carboxylic acids is 2. The summed E-state index contributed by atoms with van der Waals surface area (Å²) in [7, 11) is 0. The summed E-state index contributed by atoms with van der Waals surface area (Å²) in [6, 6.07) is 1.72. The Kier molecular flexibility index (Phi) is 4.41. The van der Waals surface area contributed by atoms with Gasteiger partial charge in [-0.05, 0) is 13.0 Å². The Hall–Kier alpha value is -2.29. The van der Waals surface area contributed by atoms with E-state index in [9.17, 15) is 9.59 Å². The maximum Gasteiger partial charge on any atom is 0.277 e. The van der Waals surface area contributed by atoms with Gasteiger partial charge in [0.15, 0.2) is 0 Å². The number of nitrogens with one attached hydrogen (secondary N) is 1. The largest absolute Gasteiger partial charge is 0.469 e. The van der Waals surface area contributed by atoms with Crippen molar-refractivity contribution >= 4 is 23.6 Å². The molecule has 0 fully saturated rings. The zero-order valence-electron chi connectivity index (χ0n) is 10.6. The van der Waals surface area contributed by atoms with Crippen LogP contribution < -0.4 is 11.1 Å². The molecule has 0 saturated heterocycles. The maximum absolute atomic E-state index is 11.4. The molecule has 0 aromatic carbocycles. The number of carbonyl (C=O) groups is 2. The summed E-state index contributed by atoms with van der Waals surface area (Å²) in [6.45, 7) is 1.59. The fourth-order valence-corrected chi connectivity index (χ4v) is 1.94. The van der Waals surface area contributed by atoms with E-state index in [1.54, 1.807) is 13.0 Å². The molecule has 2 rings (SSSR count). The van der Waals surface area contributed by atoms with Crippen molar-refractivity contribution in [3.63, 3.8) is 0 Å². The first-order chi connectivity index (χ1) is 9.56. The number of primary amides is 1. The zero-order chi connectivity index (χ0) is 14.5. The Morgan fingerprint density at radius 1 is 1.45 bits per heavy atom. The molecule has 0 spiro atoms. The Bertz CT molecular complexity index is 621. The second-order valence-electron chi connectivity index (χ2n) is 3.80. The number of nitrogens with two attached hydrogens (primary N) is 1. The topological polar surface area (TPSA) is 124 Å². The highest BCUT2D eigenvalue weighted by atomic mass is 32.2. The molecule has 0 aliphatic rings. The average Bonchev–Trinajstić information content (AvgIpc) is 3.02. The lowest BCUT2D eigenvalue weighted by molar-refractivity contribution is -0.123. The summed E-state index contributed by atoms with van der Waals surface area (Å²) in [6.07, 6.45) is 1.53. The third-order valence-electron chi connectivity index (χ3n) is 2.28. The molecule has 0 radical (unpaired) electrons. The van der Waals surface area contributed by atoms with Gasteiger partial charge < -0.3 is 19.9 Å². The normalized spacial score (nSPS) is 10.4. The molecule has 3 N–H and O–H groups in total. The highest BCUT2D eigenvalue weighted by Crippen LogP contribution is 2.25. The minimum Gasteiger partial charge on any atom is -0.469 e. The van der Waals surface area contributed by atoms with Crippen molar-refractivity contribution in [3.8, 4) is 11.5 Å². The average molecular weight is 296 g/mol. The molecule has 2 aromatic heterocycles. The Morgan fingerprint density at radius 2 is 2.25 bits per heavy atom. The molecule has 0 bridgehead atoms. The number of nitrogens with zero attached hydrogens (tertiary/aromatic N) is 2. The van der Waals surface area contributed by atoms with Crippen LogP contribution in [0.5, 0.6) is 0 Å². The van der Waals surface area contributed by atoms with E-state index in [-0.39, 0.29) is 23.4 Å². The van der Waals surface area contributed by atoms with Crippen LogP contribution in [0.2, 0.25) is 0 Å². The van der Waals surface area contributed by atoms with Crippen LogP contribution in [0.4, 0.5) is 0 Å². The van der Waals surface area contributed by atoms with Gasteiger partial charge in [-0.25, -0.2) is 0 Å².